The lowest BCUT2D eigenvalue weighted by Crippen LogP contribution is -2.31. The summed E-state index contributed by atoms with van der Waals surface area (Å²) >= 11 is 0. The number of hydrogen-bond acceptors (Lipinski definition) is 4. The second kappa shape index (κ2) is 7.07. The molecule has 6 nitrogen and oxygen atoms in total. The molecule has 4 rings (SSSR count). The zero-order valence-corrected chi connectivity index (χ0v) is 15.5. The molecule has 2 aromatic rings. The molecule has 0 aliphatic carbocycles. The third-order valence-electron chi connectivity index (χ3n) is 5.23. The lowest BCUT2D eigenvalue weighted by atomic mass is 9.89. The molecule has 0 bridgehead atoms. The van der Waals surface area contributed by atoms with Crippen LogP contribution in [-0.4, -0.2) is 41.9 Å². The molecule has 0 radical (unpaired) electrons. The molecule has 2 aliphatic rings. The molecule has 0 saturated carbocycles. The van der Waals surface area contributed by atoms with Crippen molar-refractivity contribution in [1.82, 2.24) is 13.9 Å². The Balaban J connectivity index is 0.00000182. The van der Waals surface area contributed by atoms with Crippen LogP contribution in [0.1, 0.15) is 23.7 Å². The number of hydrogen-bond donors (Lipinski definition) is 1. The van der Waals surface area contributed by atoms with E-state index in [-0.39, 0.29) is 24.2 Å². The van der Waals surface area contributed by atoms with Crippen LogP contribution < -0.4 is 5.73 Å². The highest BCUT2D eigenvalue weighted by Gasteiger charge is 2.41. The van der Waals surface area contributed by atoms with Gasteiger partial charge in [-0.15, -0.1) is 12.4 Å². The van der Waals surface area contributed by atoms with E-state index in [2.05, 4.69) is 17.1 Å². The minimum absolute atomic E-state index is 0. The number of benzene rings is 1. The van der Waals surface area contributed by atoms with Gasteiger partial charge in [-0.25, -0.2) is 13.4 Å². The number of imidazole rings is 1. The molecular weight excluding hydrogens is 360 g/mol. The van der Waals surface area contributed by atoms with Crippen LogP contribution in [0.25, 0.3) is 0 Å². The molecule has 136 valence electrons. The van der Waals surface area contributed by atoms with Gasteiger partial charge in [-0.1, -0.05) is 30.3 Å². The van der Waals surface area contributed by atoms with Crippen LogP contribution in [-0.2, 0) is 23.0 Å². The number of nitrogens with zero attached hydrogens (tertiary/aromatic N) is 3. The zero-order valence-electron chi connectivity index (χ0n) is 13.9. The molecule has 0 spiro atoms. The minimum atomic E-state index is -3.53. The van der Waals surface area contributed by atoms with E-state index < -0.39 is 10.0 Å². The maximum atomic E-state index is 13.1. The van der Waals surface area contributed by atoms with E-state index in [1.165, 1.54) is 6.20 Å². The Morgan fingerprint density at radius 1 is 1.20 bits per heavy atom. The van der Waals surface area contributed by atoms with E-state index >= 15 is 0 Å². The Bertz CT molecular complexity index is 838. The lowest BCUT2D eigenvalue weighted by molar-refractivity contribution is 0.451. The summed E-state index contributed by atoms with van der Waals surface area (Å²) in [5, 5.41) is 0.333. The Kier molecular flexibility index (Phi) is 5.20. The molecule has 3 heterocycles. The van der Waals surface area contributed by atoms with Crippen molar-refractivity contribution >= 4 is 22.4 Å². The Labute approximate surface area is 154 Å². The third kappa shape index (κ3) is 3.10. The average molecular weight is 383 g/mol. The van der Waals surface area contributed by atoms with Crippen LogP contribution in [0.5, 0.6) is 0 Å². The summed E-state index contributed by atoms with van der Waals surface area (Å²) in [5.41, 5.74) is 7.09. The van der Waals surface area contributed by atoms with Crippen LogP contribution in [0, 0.1) is 5.92 Å². The molecule has 25 heavy (non-hydrogen) atoms. The van der Waals surface area contributed by atoms with Crippen molar-refractivity contribution < 1.29 is 8.42 Å². The van der Waals surface area contributed by atoms with Crippen molar-refractivity contribution in [1.29, 1.82) is 0 Å². The number of aryl methyl sites for hydroxylation is 1. The molecule has 0 unspecified atom stereocenters. The number of rotatable bonds is 4. The number of halogens is 1. The number of aromatic nitrogens is 2. The van der Waals surface area contributed by atoms with Crippen molar-refractivity contribution in [2.45, 2.75) is 30.3 Å². The molecule has 1 aromatic carbocycles. The van der Waals surface area contributed by atoms with Crippen molar-refractivity contribution in [3.63, 3.8) is 0 Å². The lowest BCUT2D eigenvalue weighted by Gasteiger charge is -2.17. The molecule has 8 heteroatoms. The first-order chi connectivity index (χ1) is 11.6. The predicted molar refractivity (Wildman–Crippen MR) is 98.3 cm³/mol. The Morgan fingerprint density at radius 3 is 2.68 bits per heavy atom. The van der Waals surface area contributed by atoms with E-state index in [1.54, 1.807) is 4.31 Å². The van der Waals surface area contributed by atoms with Gasteiger partial charge in [0.05, 0.1) is 6.20 Å². The first kappa shape index (κ1) is 18.4. The number of nitrogens with two attached hydrogens (primary N) is 1. The zero-order chi connectivity index (χ0) is 16.7. The fourth-order valence-corrected chi connectivity index (χ4v) is 5.58. The summed E-state index contributed by atoms with van der Waals surface area (Å²) in [5.74, 6) is 1.16. The van der Waals surface area contributed by atoms with Crippen molar-refractivity contribution in [3.05, 3.63) is 47.9 Å². The molecule has 0 amide bonds. The normalized spacial score (nSPS) is 23.4. The van der Waals surface area contributed by atoms with E-state index in [1.807, 2.05) is 22.8 Å². The fraction of sp³-hybridized carbons (Fsp3) is 0.471. The fourth-order valence-electron chi connectivity index (χ4n) is 3.91. The van der Waals surface area contributed by atoms with Crippen LogP contribution in [0.4, 0.5) is 0 Å². The SMILES string of the molecule is Cl.NC[C@@H]1CN(S(=O)(=O)c2cnc3n2CCC3)C[C@H]1c1ccccc1. The topological polar surface area (TPSA) is 81.2 Å². The van der Waals surface area contributed by atoms with Gasteiger partial charge in [0.15, 0.2) is 5.03 Å². The van der Waals surface area contributed by atoms with E-state index in [4.69, 9.17) is 5.73 Å². The molecular formula is C17H23ClN4O2S. The average Bonchev–Trinajstić information content (AvgIpc) is 3.30. The van der Waals surface area contributed by atoms with Crippen LogP contribution in [0.15, 0.2) is 41.6 Å². The van der Waals surface area contributed by atoms with Gasteiger partial charge >= 0.3 is 0 Å². The standard InChI is InChI=1S/C17H22N4O2S.ClH/c18-9-14-11-20(12-15(14)13-5-2-1-3-6-13)24(22,23)17-10-19-16-7-4-8-21(16)17;/h1-3,5-6,10,14-15H,4,7-9,11-12,18H2;1H/t14-,15+;/m1./s1. The minimum Gasteiger partial charge on any atom is -0.330 e. The van der Waals surface area contributed by atoms with Gasteiger partial charge in [-0.05, 0) is 24.4 Å². The van der Waals surface area contributed by atoms with Crippen LogP contribution >= 0.6 is 12.4 Å². The second-order valence-electron chi connectivity index (χ2n) is 6.60. The summed E-state index contributed by atoms with van der Waals surface area (Å²) in [6.07, 6.45) is 3.33. The highest BCUT2D eigenvalue weighted by Crippen LogP contribution is 2.35. The Morgan fingerprint density at radius 2 is 1.96 bits per heavy atom. The van der Waals surface area contributed by atoms with Gasteiger partial charge in [-0.3, -0.25) is 0 Å². The van der Waals surface area contributed by atoms with Gasteiger partial charge < -0.3 is 10.3 Å². The summed E-state index contributed by atoms with van der Waals surface area (Å²) in [6.45, 7) is 2.17. The Hall–Kier alpha value is -1.41. The second-order valence-corrected chi connectivity index (χ2v) is 8.49. The highest BCUT2D eigenvalue weighted by molar-refractivity contribution is 7.89. The van der Waals surface area contributed by atoms with Crippen molar-refractivity contribution in [3.8, 4) is 0 Å². The summed E-state index contributed by atoms with van der Waals surface area (Å²) in [7, 11) is -3.53. The molecule has 2 N–H and O–H groups in total. The van der Waals surface area contributed by atoms with Gasteiger partial charge in [0.1, 0.15) is 5.82 Å². The first-order valence-corrected chi connectivity index (χ1v) is 9.85. The molecule has 1 fully saturated rings. The van der Waals surface area contributed by atoms with Gasteiger partial charge in [0.25, 0.3) is 10.0 Å². The quantitative estimate of drug-likeness (QED) is 0.871. The maximum absolute atomic E-state index is 13.1. The maximum Gasteiger partial charge on any atom is 0.260 e. The summed E-state index contributed by atoms with van der Waals surface area (Å²) < 4.78 is 29.7. The van der Waals surface area contributed by atoms with E-state index in [9.17, 15) is 8.42 Å². The smallest absolute Gasteiger partial charge is 0.260 e. The molecule has 1 saturated heterocycles. The van der Waals surface area contributed by atoms with Crippen LogP contribution in [0.3, 0.4) is 0 Å². The van der Waals surface area contributed by atoms with E-state index in [0.29, 0.717) is 24.7 Å². The highest BCUT2D eigenvalue weighted by atomic mass is 35.5. The number of sulfonamides is 1. The largest absolute Gasteiger partial charge is 0.330 e. The van der Waals surface area contributed by atoms with Gasteiger partial charge in [-0.2, -0.15) is 4.31 Å². The van der Waals surface area contributed by atoms with Crippen molar-refractivity contribution in [2.75, 3.05) is 19.6 Å². The van der Waals surface area contributed by atoms with Crippen LogP contribution in [0.2, 0.25) is 0 Å². The summed E-state index contributed by atoms with van der Waals surface area (Å²) in [4.78, 5) is 4.28. The monoisotopic (exact) mass is 382 g/mol. The molecule has 2 atom stereocenters. The predicted octanol–water partition coefficient (Wildman–Crippen LogP) is 1.61. The van der Waals surface area contributed by atoms with E-state index in [0.717, 1.165) is 30.8 Å². The molecule has 2 aliphatic heterocycles. The van der Waals surface area contributed by atoms with Gasteiger partial charge in [0, 0.05) is 32.0 Å². The summed E-state index contributed by atoms with van der Waals surface area (Å²) in [6, 6.07) is 10.1. The van der Waals surface area contributed by atoms with Gasteiger partial charge in [0.2, 0.25) is 0 Å². The molecule has 1 aromatic heterocycles. The first-order valence-electron chi connectivity index (χ1n) is 8.41. The number of fused-ring (bicyclic) bond motifs is 1. The van der Waals surface area contributed by atoms with Crippen molar-refractivity contribution in [2.24, 2.45) is 11.7 Å². The third-order valence-corrected chi connectivity index (χ3v) is 7.06.